The van der Waals surface area contributed by atoms with E-state index in [1.807, 2.05) is 52.0 Å². The lowest BCUT2D eigenvalue weighted by molar-refractivity contribution is -0.148. The number of rotatable bonds is 16. The van der Waals surface area contributed by atoms with Crippen molar-refractivity contribution in [3.63, 3.8) is 0 Å². The van der Waals surface area contributed by atoms with Crippen LogP contribution in [0.1, 0.15) is 73.3 Å². The number of unbranched alkanes of at least 4 members (excludes halogenated alkanes) is 3. The number of alkyl carbamates (subject to hydrolysis) is 1. The van der Waals surface area contributed by atoms with Gasteiger partial charge in [0.05, 0.1) is 32.5 Å². The van der Waals surface area contributed by atoms with Crippen LogP contribution in [0.2, 0.25) is 0 Å². The molecule has 0 aliphatic rings. The Morgan fingerprint density at radius 1 is 1.00 bits per heavy atom. The second-order valence-electron chi connectivity index (χ2n) is 8.67. The molecule has 0 bridgehead atoms. The van der Waals surface area contributed by atoms with Crippen LogP contribution < -0.4 is 10.1 Å². The van der Waals surface area contributed by atoms with Crippen LogP contribution in [-0.2, 0) is 23.7 Å². The van der Waals surface area contributed by atoms with Gasteiger partial charge in [-0.3, -0.25) is 0 Å². The van der Waals surface area contributed by atoms with E-state index in [1.54, 1.807) is 6.92 Å². The van der Waals surface area contributed by atoms with Gasteiger partial charge in [-0.2, -0.15) is 0 Å². The number of carbonyl (C=O) groups is 2. The molecule has 0 saturated heterocycles. The Hall–Kier alpha value is -2.32. The fourth-order valence-electron chi connectivity index (χ4n) is 2.87. The van der Waals surface area contributed by atoms with Crippen molar-refractivity contribution in [2.45, 2.75) is 71.9 Å². The van der Waals surface area contributed by atoms with Crippen molar-refractivity contribution in [3.8, 4) is 5.75 Å². The van der Waals surface area contributed by atoms with Crippen LogP contribution >= 0.6 is 0 Å². The average Bonchev–Trinajstić information content (AvgIpc) is 2.73. The number of benzene rings is 1. The first kappa shape index (κ1) is 28.7. The van der Waals surface area contributed by atoms with E-state index < -0.39 is 11.7 Å². The van der Waals surface area contributed by atoms with Crippen LogP contribution in [0.15, 0.2) is 24.3 Å². The quantitative estimate of drug-likeness (QED) is 0.267. The van der Waals surface area contributed by atoms with Crippen LogP contribution in [0.5, 0.6) is 5.75 Å². The molecule has 0 heterocycles. The number of amides is 1. The number of nitrogens with one attached hydrogen (secondary N) is 1. The van der Waals surface area contributed by atoms with Crippen molar-refractivity contribution < 1.29 is 34.7 Å². The Morgan fingerprint density at radius 2 is 1.70 bits per heavy atom. The Labute approximate surface area is 199 Å². The second kappa shape index (κ2) is 16.3. The van der Waals surface area contributed by atoms with Gasteiger partial charge in [0.15, 0.2) is 0 Å². The van der Waals surface area contributed by atoms with E-state index in [9.17, 15) is 9.59 Å². The predicted octanol–water partition coefficient (Wildman–Crippen LogP) is 5.05. The highest BCUT2D eigenvalue weighted by atomic mass is 16.6. The molecule has 0 fully saturated rings. The maximum atomic E-state index is 12.0. The molecule has 0 spiro atoms. The maximum absolute atomic E-state index is 12.0. The van der Waals surface area contributed by atoms with Crippen LogP contribution in [0.4, 0.5) is 4.79 Å². The summed E-state index contributed by atoms with van der Waals surface area (Å²) >= 11 is 0. The van der Waals surface area contributed by atoms with Crippen molar-refractivity contribution in [1.82, 2.24) is 5.32 Å². The summed E-state index contributed by atoms with van der Waals surface area (Å²) in [6, 6.07) is 7.56. The standard InChI is InChI=1S/C25H41NO7.H2/c1-6-31-23(27)19-30-17-16-29-14-9-7-8-10-15-32-22-13-11-12-21(18-22)20(2)26-24(28)33-25(3,4)5;/h11-13,18,20H,6-10,14-17,19H2,1-5H3,(H,26,28);1H/t20-;/m1./s1. The van der Waals surface area contributed by atoms with Crippen molar-refractivity contribution in [1.29, 1.82) is 0 Å². The number of esters is 1. The van der Waals surface area contributed by atoms with Gasteiger partial charge in [0.1, 0.15) is 18.0 Å². The molecule has 1 atom stereocenters. The van der Waals surface area contributed by atoms with Crippen LogP contribution in [-0.4, -0.2) is 57.3 Å². The summed E-state index contributed by atoms with van der Waals surface area (Å²) in [6.07, 6.45) is 3.61. The summed E-state index contributed by atoms with van der Waals surface area (Å²) in [4.78, 5) is 23.1. The molecule has 1 N–H and O–H groups in total. The molecule has 1 amide bonds. The van der Waals surface area contributed by atoms with Crippen molar-refractivity contribution in [3.05, 3.63) is 29.8 Å². The third kappa shape index (κ3) is 15.2. The number of hydrogen-bond acceptors (Lipinski definition) is 7. The smallest absolute Gasteiger partial charge is 0.408 e. The normalized spacial score (nSPS) is 12.2. The van der Waals surface area contributed by atoms with Gasteiger partial charge in [0.25, 0.3) is 0 Å². The molecule has 0 unspecified atom stereocenters. The molecule has 0 saturated carbocycles. The Morgan fingerprint density at radius 3 is 2.39 bits per heavy atom. The van der Waals surface area contributed by atoms with E-state index >= 15 is 0 Å². The third-order valence-electron chi connectivity index (χ3n) is 4.44. The van der Waals surface area contributed by atoms with Gasteiger partial charge in [-0.05, 0) is 71.6 Å². The van der Waals surface area contributed by atoms with E-state index in [2.05, 4.69) is 5.32 Å². The second-order valence-corrected chi connectivity index (χ2v) is 8.67. The zero-order valence-electron chi connectivity index (χ0n) is 20.8. The minimum atomic E-state index is -0.527. The fourth-order valence-corrected chi connectivity index (χ4v) is 2.87. The molecule has 0 radical (unpaired) electrons. The molecule has 8 nitrogen and oxygen atoms in total. The summed E-state index contributed by atoms with van der Waals surface area (Å²) in [6.45, 7) is 11.7. The highest BCUT2D eigenvalue weighted by Crippen LogP contribution is 2.20. The Bertz CT molecular complexity index is 694. The van der Waals surface area contributed by atoms with E-state index in [-0.39, 0.29) is 20.0 Å². The van der Waals surface area contributed by atoms with E-state index in [4.69, 9.17) is 23.7 Å². The first-order chi connectivity index (χ1) is 15.7. The maximum Gasteiger partial charge on any atom is 0.408 e. The summed E-state index contributed by atoms with van der Waals surface area (Å²) in [7, 11) is 0. The largest absolute Gasteiger partial charge is 0.494 e. The van der Waals surface area contributed by atoms with E-state index in [1.165, 1.54) is 0 Å². The molecule has 8 heteroatoms. The molecule has 33 heavy (non-hydrogen) atoms. The van der Waals surface area contributed by atoms with Crippen LogP contribution in [0.3, 0.4) is 0 Å². The first-order valence-electron chi connectivity index (χ1n) is 11.7. The highest BCUT2D eigenvalue weighted by Gasteiger charge is 2.18. The topological polar surface area (TPSA) is 92.3 Å². The fraction of sp³-hybridized carbons (Fsp3) is 0.680. The zero-order valence-corrected chi connectivity index (χ0v) is 20.8. The molecular weight excluding hydrogens is 426 g/mol. The highest BCUT2D eigenvalue weighted by molar-refractivity contribution is 5.70. The summed E-state index contributed by atoms with van der Waals surface area (Å²) in [5.41, 5.74) is 0.433. The molecule has 1 rings (SSSR count). The minimum Gasteiger partial charge on any atom is -0.494 e. The molecule has 1 aromatic rings. The lowest BCUT2D eigenvalue weighted by Crippen LogP contribution is -2.34. The molecule has 1 aromatic carbocycles. The number of hydrogen-bond donors (Lipinski definition) is 1. The van der Waals surface area contributed by atoms with Gasteiger partial charge in [-0.15, -0.1) is 0 Å². The minimum absolute atomic E-state index is 0. The molecule has 0 aliphatic carbocycles. The predicted molar refractivity (Wildman–Crippen MR) is 129 cm³/mol. The third-order valence-corrected chi connectivity index (χ3v) is 4.44. The molecule has 0 aromatic heterocycles. The van der Waals surface area contributed by atoms with Gasteiger partial charge in [0.2, 0.25) is 0 Å². The lowest BCUT2D eigenvalue weighted by atomic mass is 10.1. The zero-order chi connectivity index (χ0) is 24.5. The van der Waals surface area contributed by atoms with Crippen molar-refractivity contribution >= 4 is 12.1 Å². The average molecular weight is 470 g/mol. The monoisotopic (exact) mass is 469 g/mol. The van der Waals surface area contributed by atoms with E-state index in [0.29, 0.717) is 33.0 Å². The van der Waals surface area contributed by atoms with Gasteiger partial charge >= 0.3 is 12.1 Å². The van der Waals surface area contributed by atoms with Crippen LogP contribution in [0, 0.1) is 0 Å². The summed E-state index contributed by atoms with van der Waals surface area (Å²) < 4.78 is 26.6. The Balaban J connectivity index is 0.0000109. The summed E-state index contributed by atoms with van der Waals surface area (Å²) in [5.74, 6) is 0.440. The number of ether oxygens (including phenoxy) is 5. The summed E-state index contributed by atoms with van der Waals surface area (Å²) in [5, 5.41) is 2.84. The van der Waals surface area contributed by atoms with E-state index in [0.717, 1.165) is 37.0 Å². The van der Waals surface area contributed by atoms with Gasteiger partial charge < -0.3 is 29.0 Å². The van der Waals surface area contributed by atoms with Gasteiger partial charge in [-0.1, -0.05) is 18.6 Å². The number of carbonyl (C=O) groups excluding carboxylic acids is 2. The molecular formula is C25H43NO7. The molecule has 190 valence electrons. The lowest BCUT2D eigenvalue weighted by Gasteiger charge is -2.22. The SMILES string of the molecule is CCOC(=O)COCCOCCCCCCOc1cccc([C@@H](C)NC(=O)OC(C)(C)C)c1.[HH]. The molecule has 0 aliphatic heterocycles. The van der Waals surface area contributed by atoms with Gasteiger partial charge in [-0.25, -0.2) is 9.59 Å². The van der Waals surface area contributed by atoms with Crippen molar-refractivity contribution in [2.24, 2.45) is 0 Å². The van der Waals surface area contributed by atoms with Crippen molar-refractivity contribution in [2.75, 3.05) is 39.6 Å². The van der Waals surface area contributed by atoms with Crippen LogP contribution in [0.25, 0.3) is 0 Å². The first-order valence-corrected chi connectivity index (χ1v) is 11.7. The Kier molecular flexibility index (Phi) is 14.2. The van der Waals surface area contributed by atoms with Gasteiger partial charge in [0, 0.05) is 8.03 Å².